The Balaban J connectivity index is 1.66. The zero-order valence-corrected chi connectivity index (χ0v) is 21.2. The van der Waals surface area contributed by atoms with Crippen LogP contribution in [-0.4, -0.2) is 82.7 Å². The first-order valence-electron chi connectivity index (χ1n) is 11.5. The number of ether oxygens (including phenoxy) is 1. The number of nitro groups is 1. The number of oxazole rings is 1. The van der Waals surface area contributed by atoms with E-state index in [9.17, 15) is 14.5 Å². The van der Waals surface area contributed by atoms with Crippen LogP contribution >= 0.6 is 0 Å². The lowest BCUT2D eigenvalue weighted by atomic mass is 9.92. The molecule has 2 heterocycles. The number of fused-ring (bicyclic) bond motifs is 1. The summed E-state index contributed by atoms with van der Waals surface area (Å²) in [5.74, 6) is 0.253. The van der Waals surface area contributed by atoms with Crippen LogP contribution < -0.4 is 11.1 Å². The summed E-state index contributed by atoms with van der Waals surface area (Å²) in [6, 6.07) is 3.80. The minimum Gasteiger partial charge on any atom is -0.495 e. The van der Waals surface area contributed by atoms with Gasteiger partial charge in [0.25, 0.3) is 0 Å². The van der Waals surface area contributed by atoms with Crippen LogP contribution in [0.25, 0.3) is 22.4 Å². The van der Waals surface area contributed by atoms with Gasteiger partial charge in [-0.15, -0.1) is 0 Å². The molecule has 13 heteroatoms. The number of methoxy groups -OCH3 is 1. The summed E-state index contributed by atoms with van der Waals surface area (Å²) in [6.07, 6.45) is 4.41. The van der Waals surface area contributed by atoms with Crippen LogP contribution in [0, 0.1) is 22.9 Å². The molecule has 3 aromatic rings. The molecule has 1 aliphatic rings. The fraction of sp³-hybridized carbons (Fsp3) is 0.375. The van der Waals surface area contributed by atoms with E-state index in [0.29, 0.717) is 41.5 Å². The van der Waals surface area contributed by atoms with Crippen LogP contribution in [0.2, 0.25) is 0 Å². The van der Waals surface area contributed by atoms with Gasteiger partial charge in [-0.05, 0) is 45.4 Å². The smallest absolute Gasteiger partial charge is 0.312 e. The largest absolute Gasteiger partial charge is 0.495 e. The molecule has 0 bridgehead atoms. The number of aromatic nitrogens is 3. The molecule has 0 saturated heterocycles. The van der Waals surface area contributed by atoms with Gasteiger partial charge in [-0.1, -0.05) is 0 Å². The quantitative estimate of drug-likeness (QED) is 0.247. The normalized spacial score (nSPS) is 19.8. The maximum absolute atomic E-state index is 14.6. The van der Waals surface area contributed by atoms with Crippen molar-refractivity contribution < 1.29 is 18.5 Å². The van der Waals surface area contributed by atoms with Gasteiger partial charge in [-0.2, -0.15) is 0 Å². The first kappa shape index (κ1) is 26.1. The molecule has 3 N–H and O–H groups in total. The summed E-state index contributed by atoms with van der Waals surface area (Å²) in [7, 11) is 7.07. The Hall–Kier alpha value is -3.94. The summed E-state index contributed by atoms with van der Waals surface area (Å²) in [5, 5.41) is 15.1. The van der Waals surface area contributed by atoms with Gasteiger partial charge in [0.1, 0.15) is 17.3 Å². The molecule has 196 valence electrons. The van der Waals surface area contributed by atoms with Crippen LogP contribution in [0.3, 0.4) is 0 Å². The minimum absolute atomic E-state index is 0.0695. The molecule has 0 saturated carbocycles. The molecule has 1 aromatic carbocycles. The standard InChI is InChI=1S/C24H29FN8O4/c1-14-28-18-11-15(10-16(25)22(18)37-14)17-6-7-27-23(29-17)30-19-13-24(26,33(34)35)21(12-20(19)36-5)32(4)9-8-31(2)3/h6-7,10-13,21H,8-9,26H2,1-5H3,(H,27,29,30). The SMILES string of the molecule is COC1=CC(N(C)CCN(C)C)C(N)([N+](=O)[O-])C=C1Nc1nccc(-c2cc(F)c3oc(C)nc3c2)n1. The summed E-state index contributed by atoms with van der Waals surface area (Å²) >= 11 is 0. The number of nitrogens with zero attached hydrogens (tertiary/aromatic N) is 6. The maximum Gasteiger partial charge on any atom is 0.312 e. The molecule has 0 amide bonds. The number of anilines is 1. The summed E-state index contributed by atoms with van der Waals surface area (Å²) in [6.45, 7) is 2.87. The number of hydrogen-bond acceptors (Lipinski definition) is 11. The maximum atomic E-state index is 14.6. The minimum atomic E-state index is -1.94. The van der Waals surface area contributed by atoms with Gasteiger partial charge in [0.05, 0.1) is 18.5 Å². The number of aryl methyl sites for hydroxylation is 1. The van der Waals surface area contributed by atoms with Gasteiger partial charge in [0, 0.05) is 42.8 Å². The molecule has 4 rings (SSSR count). The first-order chi connectivity index (χ1) is 17.5. The lowest BCUT2D eigenvalue weighted by Crippen LogP contribution is -2.62. The Bertz CT molecular complexity index is 1390. The van der Waals surface area contributed by atoms with E-state index in [-0.39, 0.29) is 17.2 Å². The Morgan fingerprint density at radius 2 is 2.05 bits per heavy atom. The van der Waals surface area contributed by atoms with Crippen molar-refractivity contribution in [1.82, 2.24) is 24.8 Å². The monoisotopic (exact) mass is 512 g/mol. The van der Waals surface area contributed by atoms with Gasteiger partial charge in [-0.3, -0.25) is 20.7 Å². The number of nitrogens with one attached hydrogen (secondary N) is 1. The Kier molecular flexibility index (Phi) is 7.21. The number of nitrogens with two attached hydrogens (primary N) is 1. The van der Waals surface area contributed by atoms with Crippen LogP contribution in [0.4, 0.5) is 10.3 Å². The number of benzene rings is 1. The Morgan fingerprint density at radius 3 is 2.73 bits per heavy atom. The van der Waals surface area contributed by atoms with Crippen molar-refractivity contribution in [1.29, 1.82) is 0 Å². The van der Waals surface area contributed by atoms with Crippen molar-refractivity contribution in [2.24, 2.45) is 5.73 Å². The van der Waals surface area contributed by atoms with Crippen LogP contribution in [0.5, 0.6) is 0 Å². The average molecular weight is 513 g/mol. The second-order valence-corrected chi connectivity index (χ2v) is 9.10. The molecule has 2 aromatic heterocycles. The van der Waals surface area contributed by atoms with Crippen molar-refractivity contribution in [2.75, 3.05) is 46.7 Å². The highest BCUT2D eigenvalue weighted by Gasteiger charge is 2.49. The van der Waals surface area contributed by atoms with Crippen LogP contribution in [-0.2, 0) is 4.74 Å². The van der Waals surface area contributed by atoms with Gasteiger partial charge in [0.2, 0.25) is 5.95 Å². The average Bonchev–Trinajstić information content (AvgIpc) is 3.23. The second kappa shape index (κ2) is 10.2. The van der Waals surface area contributed by atoms with Gasteiger partial charge < -0.3 is 19.4 Å². The predicted molar refractivity (Wildman–Crippen MR) is 135 cm³/mol. The van der Waals surface area contributed by atoms with Crippen molar-refractivity contribution in [3.8, 4) is 11.3 Å². The fourth-order valence-electron chi connectivity index (χ4n) is 4.12. The van der Waals surface area contributed by atoms with Gasteiger partial charge in [0.15, 0.2) is 17.3 Å². The first-order valence-corrected chi connectivity index (χ1v) is 11.5. The van der Waals surface area contributed by atoms with Crippen LogP contribution in [0.1, 0.15) is 5.89 Å². The zero-order chi connectivity index (χ0) is 26.9. The molecular formula is C24H29FN8O4. The van der Waals surface area contributed by atoms with E-state index in [1.807, 2.05) is 23.9 Å². The van der Waals surface area contributed by atoms with E-state index in [1.165, 1.54) is 25.4 Å². The van der Waals surface area contributed by atoms with E-state index in [1.54, 1.807) is 32.2 Å². The Labute approximate surface area is 212 Å². The number of halogens is 1. The number of hydrogen-bond donors (Lipinski definition) is 2. The summed E-state index contributed by atoms with van der Waals surface area (Å²) < 4.78 is 25.4. The number of likely N-dealkylation sites (N-methyl/N-ethyl adjacent to an activating group) is 2. The molecule has 1 aliphatic carbocycles. The molecule has 2 atom stereocenters. The highest BCUT2D eigenvalue weighted by molar-refractivity contribution is 5.80. The fourth-order valence-corrected chi connectivity index (χ4v) is 4.12. The lowest BCUT2D eigenvalue weighted by molar-refractivity contribution is -0.560. The third kappa shape index (κ3) is 5.28. The number of rotatable bonds is 9. The second-order valence-electron chi connectivity index (χ2n) is 9.10. The van der Waals surface area contributed by atoms with E-state index in [2.05, 4.69) is 20.3 Å². The van der Waals surface area contributed by atoms with Crippen molar-refractivity contribution in [2.45, 2.75) is 18.6 Å². The third-order valence-corrected chi connectivity index (χ3v) is 6.08. The molecule has 0 radical (unpaired) electrons. The molecular weight excluding hydrogens is 483 g/mol. The molecule has 37 heavy (non-hydrogen) atoms. The molecule has 0 aliphatic heterocycles. The van der Waals surface area contributed by atoms with Gasteiger partial charge in [-0.25, -0.2) is 19.3 Å². The predicted octanol–water partition coefficient (Wildman–Crippen LogP) is 2.37. The zero-order valence-electron chi connectivity index (χ0n) is 21.2. The van der Waals surface area contributed by atoms with E-state index in [0.717, 1.165) is 0 Å². The topological polar surface area (TPSA) is 149 Å². The van der Waals surface area contributed by atoms with E-state index < -0.39 is 22.4 Å². The van der Waals surface area contributed by atoms with Crippen LogP contribution in [0.15, 0.2) is 52.4 Å². The van der Waals surface area contributed by atoms with Crippen molar-refractivity contribution >= 4 is 17.0 Å². The summed E-state index contributed by atoms with van der Waals surface area (Å²) in [5.41, 5.74) is 5.94. The van der Waals surface area contributed by atoms with Crippen molar-refractivity contribution in [3.63, 3.8) is 0 Å². The lowest BCUT2D eigenvalue weighted by Gasteiger charge is -2.36. The molecule has 2 unspecified atom stereocenters. The molecule has 0 spiro atoms. The third-order valence-electron chi connectivity index (χ3n) is 6.08. The highest BCUT2D eigenvalue weighted by Crippen LogP contribution is 2.31. The molecule has 0 fully saturated rings. The van der Waals surface area contributed by atoms with E-state index in [4.69, 9.17) is 14.9 Å². The van der Waals surface area contributed by atoms with Gasteiger partial charge >= 0.3 is 5.66 Å². The van der Waals surface area contributed by atoms with Crippen molar-refractivity contribution in [3.05, 3.63) is 69.8 Å². The molecule has 12 nitrogen and oxygen atoms in total. The highest BCUT2D eigenvalue weighted by atomic mass is 19.1. The Morgan fingerprint density at radius 1 is 1.30 bits per heavy atom. The van der Waals surface area contributed by atoms with E-state index >= 15 is 0 Å². The summed E-state index contributed by atoms with van der Waals surface area (Å²) in [4.78, 5) is 28.2.